The Labute approximate surface area is 182 Å². The first kappa shape index (κ1) is 19.8. The van der Waals surface area contributed by atoms with E-state index in [0.29, 0.717) is 10.3 Å². The van der Waals surface area contributed by atoms with E-state index in [0.717, 1.165) is 72.3 Å². The summed E-state index contributed by atoms with van der Waals surface area (Å²) in [6.45, 7) is 6.70. The SMILES string of the molecule is CC(=O)N(c1nc2cc3nc(N(C(C)=O)N4CCCC4)sc3cc2s1)N1CCCC1. The predicted octanol–water partition coefficient (Wildman–Crippen LogP) is 3.63. The standard InChI is InChI=1S/C20H24N6O2S2/c1-13(27)25(23-7-3-4-8-23)19-21-15-11-16-18(12-17(15)29-19)30-20(22-16)26(14(2)28)24-9-5-6-10-24/h11-12H,3-10H2,1-2H3. The monoisotopic (exact) mass is 444 g/mol. The van der Waals surface area contributed by atoms with Gasteiger partial charge in [-0.05, 0) is 37.8 Å². The fourth-order valence-electron chi connectivity index (χ4n) is 4.22. The summed E-state index contributed by atoms with van der Waals surface area (Å²) in [5, 5.41) is 9.02. The Morgan fingerprint density at radius 3 is 1.53 bits per heavy atom. The quantitative estimate of drug-likeness (QED) is 0.612. The molecule has 8 nitrogen and oxygen atoms in total. The Morgan fingerprint density at radius 2 is 1.17 bits per heavy atom. The number of rotatable bonds is 4. The summed E-state index contributed by atoms with van der Waals surface area (Å²) in [5.41, 5.74) is 1.67. The van der Waals surface area contributed by atoms with Crippen LogP contribution in [0.25, 0.3) is 20.4 Å². The molecule has 0 N–H and O–H groups in total. The van der Waals surface area contributed by atoms with Gasteiger partial charge >= 0.3 is 0 Å². The number of benzene rings is 1. The van der Waals surface area contributed by atoms with Crippen LogP contribution in [0.1, 0.15) is 39.5 Å². The van der Waals surface area contributed by atoms with Gasteiger partial charge < -0.3 is 0 Å². The number of anilines is 2. The molecule has 30 heavy (non-hydrogen) atoms. The van der Waals surface area contributed by atoms with Crippen LogP contribution in [-0.4, -0.2) is 58.0 Å². The van der Waals surface area contributed by atoms with Crippen LogP contribution in [0.4, 0.5) is 10.3 Å². The zero-order valence-electron chi connectivity index (χ0n) is 17.1. The summed E-state index contributed by atoms with van der Waals surface area (Å²) in [6.07, 6.45) is 4.39. The molecule has 2 amide bonds. The van der Waals surface area contributed by atoms with E-state index in [1.807, 2.05) is 6.07 Å². The van der Waals surface area contributed by atoms with E-state index in [1.165, 1.54) is 22.7 Å². The third kappa shape index (κ3) is 3.47. The van der Waals surface area contributed by atoms with E-state index in [4.69, 9.17) is 9.97 Å². The van der Waals surface area contributed by atoms with Gasteiger partial charge in [0.15, 0.2) is 0 Å². The molecule has 158 valence electrons. The van der Waals surface area contributed by atoms with Crippen LogP contribution in [0.3, 0.4) is 0 Å². The fraction of sp³-hybridized carbons (Fsp3) is 0.500. The first-order valence-corrected chi connectivity index (χ1v) is 12.0. The lowest BCUT2D eigenvalue weighted by molar-refractivity contribution is -0.120. The average Bonchev–Trinajstić information content (AvgIpc) is 3.47. The van der Waals surface area contributed by atoms with E-state index >= 15 is 0 Å². The summed E-state index contributed by atoms with van der Waals surface area (Å²) in [4.78, 5) is 34.1. The zero-order chi connectivity index (χ0) is 20.8. The number of amides is 2. The second kappa shape index (κ2) is 7.84. The average molecular weight is 445 g/mol. The normalized spacial score (nSPS) is 17.9. The van der Waals surface area contributed by atoms with Crippen LogP contribution < -0.4 is 10.0 Å². The molecular weight excluding hydrogens is 420 g/mol. The number of hydrogen-bond donors (Lipinski definition) is 0. The lowest BCUT2D eigenvalue weighted by Crippen LogP contribution is -2.44. The van der Waals surface area contributed by atoms with Crippen molar-refractivity contribution in [3.8, 4) is 0 Å². The molecule has 5 rings (SSSR count). The van der Waals surface area contributed by atoms with Crippen LogP contribution in [0, 0.1) is 0 Å². The van der Waals surface area contributed by atoms with Gasteiger partial charge in [-0.15, -0.1) is 0 Å². The summed E-state index contributed by atoms with van der Waals surface area (Å²) >= 11 is 3.05. The van der Waals surface area contributed by atoms with Crippen molar-refractivity contribution in [2.24, 2.45) is 0 Å². The molecular formula is C20H24N6O2S2. The molecule has 2 aliphatic heterocycles. The van der Waals surface area contributed by atoms with Crippen LogP contribution in [0.15, 0.2) is 12.1 Å². The largest absolute Gasteiger partial charge is 0.273 e. The number of hydrogen-bond acceptors (Lipinski definition) is 8. The molecule has 2 fully saturated rings. The number of fused-ring (bicyclic) bond motifs is 2. The minimum Gasteiger partial charge on any atom is -0.273 e. The topological polar surface area (TPSA) is 72.9 Å². The van der Waals surface area contributed by atoms with Gasteiger partial charge in [-0.25, -0.2) is 30.0 Å². The summed E-state index contributed by atoms with van der Waals surface area (Å²) in [7, 11) is 0. The first-order valence-electron chi connectivity index (χ1n) is 10.3. The lowest BCUT2D eigenvalue weighted by atomic mass is 10.3. The third-order valence-electron chi connectivity index (χ3n) is 5.56. The van der Waals surface area contributed by atoms with E-state index in [9.17, 15) is 9.59 Å². The molecule has 4 heterocycles. The molecule has 0 atom stereocenters. The highest BCUT2D eigenvalue weighted by Crippen LogP contribution is 2.37. The maximum absolute atomic E-state index is 12.3. The van der Waals surface area contributed by atoms with E-state index in [-0.39, 0.29) is 11.8 Å². The molecule has 10 heteroatoms. The van der Waals surface area contributed by atoms with Crippen molar-refractivity contribution < 1.29 is 9.59 Å². The number of nitrogens with zero attached hydrogens (tertiary/aromatic N) is 6. The Balaban J connectivity index is 1.51. The second-order valence-electron chi connectivity index (χ2n) is 7.76. The number of thiazole rings is 2. The second-order valence-corrected chi connectivity index (χ2v) is 9.78. The maximum atomic E-state index is 12.3. The van der Waals surface area contributed by atoms with Crippen molar-refractivity contribution in [2.45, 2.75) is 39.5 Å². The van der Waals surface area contributed by atoms with Gasteiger partial charge in [0.2, 0.25) is 22.1 Å². The summed E-state index contributed by atoms with van der Waals surface area (Å²) in [6, 6.07) is 4.05. The van der Waals surface area contributed by atoms with Gasteiger partial charge in [-0.1, -0.05) is 22.7 Å². The number of hydrazine groups is 2. The molecule has 0 bridgehead atoms. The number of carbonyl (C=O) groups is 2. The van der Waals surface area contributed by atoms with Crippen molar-refractivity contribution in [1.29, 1.82) is 0 Å². The van der Waals surface area contributed by atoms with Gasteiger partial charge in [-0.3, -0.25) is 9.59 Å². The molecule has 2 aliphatic rings. The molecule has 2 aromatic heterocycles. The van der Waals surface area contributed by atoms with Crippen molar-refractivity contribution in [2.75, 3.05) is 36.2 Å². The van der Waals surface area contributed by atoms with Crippen molar-refractivity contribution in [3.63, 3.8) is 0 Å². The van der Waals surface area contributed by atoms with Crippen molar-refractivity contribution in [3.05, 3.63) is 12.1 Å². The Kier molecular flexibility index (Phi) is 5.18. The lowest BCUT2D eigenvalue weighted by Gasteiger charge is -2.27. The highest BCUT2D eigenvalue weighted by Gasteiger charge is 2.28. The Morgan fingerprint density at radius 1 is 0.767 bits per heavy atom. The van der Waals surface area contributed by atoms with Gasteiger partial charge in [0.1, 0.15) is 0 Å². The van der Waals surface area contributed by atoms with E-state index < -0.39 is 0 Å². The fourth-order valence-corrected chi connectivity index (χ4v) is 6.41. The van der Waals surface area contributed by atoms with Gasteiger partial charge in [-0.2, -0.15) is 0 Å². The van der Waals surface area contributed by atoms with Crippen LogP contribution in [-0.2, 0) is 9.59 Å². The molecule has 2 saturated heterocycles. The van der Waals surface area contributed by atoms with E-state index in [1.54, 1.807) is 23.9 Å². The molecule has 0 radical (unpaired) electrons. The van der Waals surface area contributed by atoms with Crippen LogP contribution in [0.2, 0.25) is 0 Å². The minimum atomic E-state index is -0.0131. The molecule has 0 spiro atoms. The number of carbonyl (C=O) groups excluding carboxylic acids is 2. The minimum absolute atomic E-state index is 0.0131. The molecule has 0 saturated carbocycles. The number of aromatic nitrogens is 2. The zero-order valence-corrected chi connectivity index (χ0v) is 18.8. The molecule has 0 aliphatic carbocycles. The van der Waals surface area contributed by atoms with E-state index in [2.05, 4.69) is 16.1 Å². The maximum Gasteiger partial charge on any atom is 0.240 e. The Bertz CT molecular complexity index is 979. The van der Waals surface area contributed by atoms with Crippen LogP contribution in [0.5, 0.6) is 0 Å². The van der Waals surface area contributed by atoms with Crippen molar-refractivity contribution in [1.82, 2.24) is 20.0 Å². The van der Waals surface area contributed by atoms with Gasteiger partial charge in [0.25, 0.3) is 0 Å². The smallest absolute Gasteiger partial charge is 0.240 e. The third-order valence-corrected chi connectivity index (χ3v) is 7.55. The summed E-state index contributed by atoms with van der Waals surface area (Å²) < 4.78 is 2.04. The molecule has 1 aromatic carbocycles. The van der Waals surface area contributed by atoms with Crippen LogP contribution >= 0.6 is 22.7 Å². The predicted molar refractivity (Wildman–Crippen MR) is 121 cm³/mol. The molecule has 0 unspecified atom stereocenters. The van der Waals surface area contributed by atoms with Gasteiger partial charge in [0.05, 0.1) is 20.4 Å². The highest BCUT2D eigenvalue weighted by atomic mass is 32.1. The Hall–Kier alpha value is -2.14. The highest BCUT2D eigenvalue weighted by molar-refractivity contribution is 7.24. The van der Waals surface area contributed by atoms with Crippen molar-refractivity contribution >= 4 is 65.2 Å². The van der Waals surface area contributed by atoms with Gasteiger partial charge in [0, 0.05) is 40.0 Å². The molecule has 3 aromatic rings. The first-order chi connectivity index (χ1) is 14.5. The summed E-state index contributed by atoms with van der Waals surface area (Å²) in [5.74, 6) is -0.0261.